The SMILES string of the molecule is CN(C(=O)c1c(F)cc(F)cc1F)c1ccc(CN)cc1. The van der Waals surface area contributed by atoms with E-state index in [1.54, 1.807) is 24.3 Å². The standard InChI is InChI=1S/C15H13F3N2O/c1-20(11-4-2-9(8-19)3-5-11)15(21)14-12(17)6-10(16)7-13(14)18/h2-7H,8,19H2,1H3. The van der Waals surface area contributed by atoms with Crippen molar-refractivity contribution in [3.8, 4) is 0 Å². The van der Waals surface area contributed by atoms with Crippen molar-refractivity contribution in [2.24, 2.45) is 5.73 Å². The highest BCUT2D eigenvalue weighted by atomic mass is 19.1. The highest BCUT2D eigenvalue weighted by molar-refractivity contribution is 6.06. The van der Waals surface area contributed by atoms with Crippen LogP contribution in [0.15, 0.2) is 36.4 Å². The minimum absolute atomic E-state index is 0.346. The molecule has 0 fully saturated rings. The van der Waals surface area contributed by atoms with E-state index in [1.807, 2.05) is 0 Å². The molecule has 6 heteroatoms. The van der Waals surface area contributed by atoms with Crippen LogP contribution in [0.3, 0.4) is 0 Å². The van der Waals surface area contributed by atoms with Crippen LogP contribution in [0.4, 0.5) is 18.9 Å². The molecule has 0 radical (unpaired) electrons. The summed E-state index contributed by atoms with van der Waals surface area (Å²) in [6.45, 7) is 0.346. The summed E-state index contributed by atoms with van der Waals surface area (Å²) in [6.07, 6.45) is 0. The zero-order valence-electron chi connectivity index (χ0n) is 11.2. The molecule has 0 atom stereocenters. The van der Waals surface area contributed by atoms with Crippen LogP contribution in [0.25, 0.3) is 0 Å². The molecule has 0 saturated heterocycles. The Bertz CT molecular complexity index is 648. The number of anilines is 1. The van der Waals surface area contributed by atoms with Crippen molar-refractivity contribution in [3.63, 3.8) is 0 Å². The number of amides is 1. The molecule has 2 aromatic rings. The number of carbonyl (C=O) groups excluding carboxylic acids is 1. The van der Waals surface area contributed by atoms with Crippen molar-refractivity contribution >= 4 is 11.6 Å². The summed E-state index contributed by atoms with van der Waals surface area (Å²) in [5.74, 6) is -4.44. The molecule has 21 heavy (non-hydrogen) atoms. The van der Waals surface area contributed by atoms with Gasteiger partial charge in [0.25, 0.3) is 5.91 Å². The Hall–Kier alpha value is -2.34. The first-order chi connectivity index (χ1) is 9.93. The van der Waals surface area contributed by atoms with Crippen molar-refractivity contribution in [1.29, 1.82) is 0 Å². The molecule has 110 valence electrons. The van der Waals surface area contributed by atoms with Crippen molar-refractivity contribution < 1.29 is 18.0 Å². The fourth-order valence-electron chi connectivity index (χ4n) is 1.89. The van der Waals surface area contributed by atoms with Crippen LogP contribution in [-0.4, -0.2) is 13.0 Å². The van der Waals surface area contributed by atoms with Crippen molar-refractivity contribution in [1.82, 2.24) is 0 Å². The Morgan fingerprint density at radius 1 is 1.10 bits per heavy atom. The van der Waals surface area contributed by atoms with Crippen molar-refractivity contribution in [3.05, 3.63) is 65.0 Å². The molecular formula is C15H13F3N2O. The Balaban J connectivity index is 2.34. The van der Waals surface area contributed by atoms with Gasteiger partial charge in [-0.15, -0.1) is 0 Å². The third kappa shape index (κ3) is 3.05. The number of rotatable bonds is 3. The molecule has 2 N–H and O–H groups in total. The second-order valence-corrected chi connectivity index (χ2v) is 4.48. The fourth-order valence-corrected chi connectivity index (χ4v) is 1.89. The third-order valence-corrected chi connectivity index (χ3v) is 3.08. The summed E-state index contributed by atoms with van der Waals surface area (Å²) in [7, 11) is 1.38. The molecule has 0 aliphatic heterocycles. The van der Waals surface area contributed by atoms with Gasteiger partial charge in [0.2, 0.25) is 0 Å². The van der Waals surface area contributed by atoms with E-state index in [9.17, 15) is 18.0 Å². The van der Waals surface area contributed by atoms with Gasteiger partial charge in [-0.05, 0) is 17.7 Å². The summed E-state index contributed by atoms with van der Waals surface area (Å²) < 4.78 is 40.1. The molecule has 0 aromatic heterocycles. The van der Waals surface area contributed by atoms with Crippen LogP contribution in [0.5, 0.6) is 0 Å². The molecule has 0 saturated carbocycles. The van der Waals surface area contributed by atoms with E-state index < -0.39 is 28.9 Å². The van der Waals surface area contributed by atoms with Gasteiger partial charge in [-0.3, -0.25) is 4.79 Å². The number of hydrogen-bond acceptors (Lipinski definition) is 2. The first kappa shape index (κ1) is 15.1. The predicted octanol–water partition coefficient (Wildman–Crippen LogP) is 2.84. The maximum absolute atomic E-state index is 13.6. The van der Waals surface area contributed by atoms with Crippen LogP contribution in [0.1, 0.15) is 15.9 Å². The van der Waals surface area contributed by atoms with Gasteiger partial charge >= 0.3 is 0 Å². The van der Waals surface area contributed by atoms with E-state index in [2.05, 4.69) is 0 Å². The zero-order chi connectivity index (χ0) is 15.6. The lowest BCUT2D eigenvalue weighted by Crippen LogP contribution is -2.28. The number of nitrogens with zero attached hydrogens (tertiary/aromatic N) is 1. The van der Waals surface area contributed by atoms with Gasteiger partial charge in [-0.1, -0.05) is 12.1 Å². The number of benzene rings is 2. The highest BCUT2D eigenvalue weighted by Gasteiger charge is 2.23. The van der Waals surface area contributed by atoms with E-state index in [0.717, 1.165) is 10.5 Å². The molecule has 0 heterocycles. The summed E-state index contributed by atoms with van der Waals surface area (Å²) in [4.78, 5) is 13.2. The molecule has 0 spiro atoms. The summed E-state index contributed by atoms with van der Waals surface area (Å²) in [6, 6.07) is 7.58. The molecule has 0 unspecified atom stereocenters. The lowest BCUT2D eigenvalue weighted by atomic mass is 10.1. The first-order valence-electron chi connectivity index (χ1n) is 6.15. The van der Waals surface area contributed by atoms with Gasteiger partial charge in [-0.2, -0.15) is 0 Å². The highest BCUT2D eigenvalue weighted by Crippen LogP contribution is 2.21. The number of nitrogens with two attached hydrogens (primary N) is 1. The Kier molecular flexibility index (Phi) is 4.28. The van der Waals surface area contributed by atoms with Crippen molar-refractivity contribution in [2.75, 3.05) is 11.9 Å². The summed E-state index contributed by atoms with van der Waals surface area (Å²) in [5.41, 5.74) is 5.98. The largest absolute Gasteiger partial charge is 0.326 e. The van der Waals surface area contributed by atoms with E-state index in [-0.39, 0.29) is 0 Å². The third-order valence-electron chi connectivity index (χ3n) is 3.08. The Morgan fingerprint density at radius 2 is 1.62 bits per heavy atom. The molecule has 3 nitrogen and oxygen atoms in total. The summed E-state index contributed by atoms with van der Waals surface area (Å²) in [5, 5.41) is 0. The second kappa shape index (κ2) is 5.97. The topological polar surface area (TPSA) is 46.3 Å². The van der Waals surface area contributed by atoms with E-state index >= 15 is 0 Å². The van der Waals surface area contributed by atoms with Gasteiger partial charge in [0.15, 0.2) is 0 Å². The quantitative estimate of drug-likeness (QED) is 0.946. The molecule has 1 amide bonds. The Morgan fingerprint density at radius 3 is 2.10 bits per heavy atom. The normalized spacial score (nSPS) is 10.5. The lowest BCUT2D eigenvalue weighted by molar-refractivity contribution is 0.0985. The van der Waals surface area contributed by atoms with Gasteiger partial charge in [0.05, 0.1) is 0 Å². The van der Waals surface area contributed by atoms with E-state index in [0.29, 0.717) is 24.4 Å². The Labute approximate surface area is 119 Å². The summed E-state index contributed by atoms with van der Waals surface area (Å²) >= 11 is 0. The predicted molar refractivity (Wildman–Crippen MR) is 73.4 cm³/mol. The number of hydrogen-bond donors (Lipinski definition) is 1. The number of halogens is 3. The molecule has 2 rings (SSSR count). The van der Waals surface area contributed by atoms with E-state index in [4.69, 9.17) is 5.73 Å². The van der Waals surface area contributed by atoms with Crippen LogP contribution >= 0.6 is 0 Å². The molecular weight excluding hydrogens is 281 g/mol. The zero-order valence-corrected chi connectivity index (χ0v) is 11.2. The average Bonchev–Trinajstić information content (AvgIpc) is 2.45. The van der Waals surface area contributed by atoms with Gasteiger partial charge < -0.3 is 10.6 Å². The van der Waals surface area contributed by atoms with Gasteiger partial charge in [0, 0.05) is 31.4 Å². The molecule has 0 bridgehead atoms. The van der Waals surface area contributed by atoms with Crippen molar-refractivity contribution in [2.45, 2.75) is 6.54 Å². The fraction of sp³-hybridized carbons (Fsp3) is 0.133. The van der Waals surface area contributed by atoms with Crippen LogP contribution < -0.4 is 10.6 Å². The monoisotopic (exact) mass is 294 g/mol. The molecule has 2 aromatic carbocycles. The van der Waals surface area contributed by atoms with Crippen LogP contribution in [-0.2, 0) is 6.54 Å². The minimum atomic E-state index is -1.23. The lowest BCUT2D eigenvalue weighted by Gasteiger charge is -2.18. The van der Waals surface area contributed by atoms with Crippen LogP contribution in [0.2, 0.25) is 0 Å². The number of carbonyl (C=O) groups is 1. The van der Waals surface area contributed by atoms with Gasteiger partial charge in [-0.25, -0.2) is 13.2 Å². The molecule has 0 aliphatic carbocycles. The second-order valence-electron chi connectivity index (χ2n) is 4.48. The first-order valence-corrected chi connectivity index (χ1v) is 6.15. The van der Waals surface area contributed by atoms with E-state index in [1.165, 1.54) is 7.05 Å². The van der Waals surface area contributed by atoms with Gasteiger partial charge in [0.1, 0.15) is 23.0 Å². The maximum Gasteiger partial charge on any atom is 0.263 e. The van der Waals surface area contributed by atoms with Crippen LogP contribution in [0, 0.1) is 17.5 Å². The smallest absolute Gasteiger partial charge is 0.263 e. The maximum atomic E-state index is 13.6. The minimum Gasteiger partial charge on any atom is -0.326 e. The molecule has 0 aliphatic rings. The average molecular weight is 294 g/mol.